The second-order valence-corrected chi connectivity index (χ2v) is 11.1. The monoisotopic (exact) mass is 561 g/mol. The van der Waals surface area contributed by atoms with Gasteiger partial charge in [-0.25, -0.2) is 8.42 Å². The molecule has 1 fully saturated rings. The van der Waals surface area contributed by atoms with E-state index in [9.17, 15) is 26.4 Å². The van der Waals surface area contributed by atoms with Crippen molar-refractivity contribution < 1.29 is 31.1 Å². The van der Waals surface area contributed by atoms with Crippen LogP contribution in [0.5, 0.6) is 5.75 Å². The molecule has 1 saturated heterocycles. The molecule has 0 aromatic heterocycles. The lowest BCUT2D eigenvalue weighted by Gasteiger charge is -2.38. The van der Waals surface area contributed by atoms with Crippen molar-refractivity contribution in [2.75, 3.05) is 38.2 Å². The highest BCUT2D eigenvalue weighted by Gasteiger charge is 2.33. The van der Waals surface area contributed by atoms with Gasteiger partial charge in [-0.15, -0.1) is 0 Å². The SMILES string of the molecule is COc1ccc(S(=O)(=O)N[C@@H](Cc2ccccc2)C(=O)N2CCN(c3cccc(C(F)(F)F)c3)CC2)cc1C. The molecule has 0 spiro atoms. The molecule has 1 aliphatic rings. The number of aryl methyl sites for hydroxylation is 1. The summed E-state index contributed by atoms with van der Waals surface area (Å²) in [5.74, 6) is 0.154. The molecule has 1 atom stereocenters. The first-order valence-electron chi connectivity index (χ1n) is 12.4. The van der Waals surface area contributed by atoms with Crippen LogP contribution in [0.15, 0.2) is 77.7 Å². The van der Waals surface area contributed by atoms with Gasteiger partial charge in [0.25, 0.3) is 0 Å². The molecule has 1 aliphatic heterocycles. The van der Waals surface area contributed by atoms with E-state index in [1.165, 1.54) is 25.3 Å². The predicted octanol–water partition coefficient (Wildman–Crippen LogP) is 4.26. The van der Waals surface area contributed by atoms with Crippen LogP contribution in [-0.4, -0.2) is 58.6 Å². The number of rotatable bonds is 8. The van der Waals surface area contributed by atoms with Crippen molar-refractivity contribution in [1.29, 1.82) is 0 Å². The Hall–Kier alpha value is -3.57. The van der Waals surface area contributed by atoms with Crippen molar-refractivity contribution in [2.24, 2.45) is 0 Å². The van der Waals surface area contributed by atoms with Gasteiger partial charge in [0.2, 0.25) is 15.9 Å². The third kappa shape index (κ3) is 6.90. The fraction of sp³-hybridized carbons (Fsp3) is 0.321. The molecule has 0 unspecified atom stereocenters. The highest BCUT2D eigenvalue weighted by Crippen LogP contribution is 2.32. The highest BCUT2D eigenvalue weighted by molar-refractivity contribution is 7.89. The summed E-state index contributed by atoms with van der Waals surface area (Å²) in [6.45, 7) is 2.84. The topological polar surface area (TPSA) is 78.9 Å². The van der Waals surface area contributed by atoms with Crippen LogP contribution in [0.4, 0.5) is 18.9 Å². The van der Waals surface area contributed by atoms with Crippen LogP contribution in [0.2, 0.25) is 0 Å². The number of alkyl halides is 3. The first kappa shape index (κ1) is 28.4. The Morgan fingerprint density at radius 3 is 2.28 bits per heavy atom. The van der Waals surface area contributed by atoms with Gasteiger partial charge in [-0.3, -0.25) is 4.79 Å². The van der Waals surface area contributed by atoms with E-state index in [2.05, 4.69) is 4.72 Å². The molecule has 39 heavy (non-hydrogen) atoms. The smallest absolute Gasteiger partial charge is 0.416 e. The summed E-state index contributed by atoms with van der Waals surface area (Å²) in [6, 6.07) is 17.6. The number of methoxy groups -OCH3 is 1. The number of carbonyl (C=O) groups is 1. The van der Waals surface area contributed by atoms with E-state index >= 15 is 0 Å². The molecule has 3 aromatic rings. The molecule has 11 heteroatoms. The maximum absolute atomic E-state index is 13.6. The molecule has 0 aliphatic carbocycles. The lowest BCUT2D eigenvalue weighted by molar-refractivity contribution is -0.137. The summed E-state index contributed by atoms with van der Waals surface area (Å²) in [4.78, 5) is 17.0. The number of nitrogens with zero attached hydrogens (tertiary/aromatic N) is 2. The molecule has 0 bridgehead atoms. The van der Waals surface area contributed by atoms with Gasteiger partial charge < -0.3 is 14.5 Å². The number of carbonyl (C=O) groups excluding carboxylic acids is 1. The molecule has 0 saturated carbocycles. The van der Waals surface area contributed by atoms with Crippen LogP contribution in [0, 0.1) is 6.92 Å². The summed E-state index contributed by atoms with van der Waals surface area (Å²) in [6.07, 6.45) is -4.31. The number of nitrogens with one attached hydrogen (secondary N) is 1. The Balaban J connectivity index is 1.51. The average Bonchev–Trinajstić information content (AvgIpc) is 2.92. The van der Waals surface area contributed by atoms with Crippen LogP contribution in [0.25, 0.3) is 0 Å². The number of hydrogen-bond donors (Lipinski definition) is 1. The molecule has 208 valence electrons. The Morgan fingerprint density at radius 2 is 1.67 bits per heavy atom. The summed E-state index contributed by atoms with van der Waals surface area (Å²) in [5, 5.41) is 0. The number of amides is 1. The van der Waals surface area contributed by atoms with Crippen molar-refractivity contribution >= 4 is 21.6 Å². The van der Waals surface area contributed by atoms with Crippen molar-refractivity contribution in [3.05, 3.63) is 89.5 Å². The van der Waals surface area contributed by atoms with E-state index < -0.39 is 33.7 Å². The first-order chi connectivity index (χ1) is 18.5. The number of sulfonamides is 1. The Morgan fingerprint density at radius 1 is 0.974 bits per heavy atom. The minimum atomic E-state index is -4.45. The van der Waals surface area contributed by atoms with E-state index in [-0.39, 0.29) is 24.4 Å². The van der Waals surface area contributed by atoms with Gasteiger partial charge in [0, 0.05) is 31.9 Å². The van der Waals surface area contributed by atoms with E-state index in [0.29, 0.717) is 30.1 Å². The number of hydrogen-bond acceptors (Lipinski definition) is 5. The minimum absolute atomic E-state index is 0.0148. The molecule has 1 heterocycles. The molecular formula is C28H30F3N3O4S. The summed E-state index contributed by atoms with van der Waals surface area (Å²) in [7, 11) is -2.56. The third-order valence-corrected chi connectivity index (χ3v) is 8.15. The van der Waals surface area contributed by atoms with Crippen LogP contribution < -0.4 is 14.4 Å². The van der Waals surface area contributed by atoms with Gasteiger partial charge in [0.05, 0.1) is 17.6 Å². The van der Waals surface area contributed by atoms with Crippen molar-refractivity contribution in [3.8, 4) is 5.75 Å². The number of piperazine rings is 1. The molecule has 1 amide bonds. The van der Waals surface area contributed by atoms with Gasteiger partial charge in [-0.2, -0.15) is 17.9 Å². The van der Waals surface area contributed by atoms with Gasteiger partial charge >= 0.3 is 6.18 Å². The number of ether oxygens (including phenoxy) is 1. The molecular weight excluding hydrogens is 531 g/mol. The van der Waals surface area contributed by atoms with Crippen LogP contribution in [0.1, 0.15) is 16.7 Å². The largest absolute Gasteiger partial charge is 0.496 e. The van der Waals surface area contributed by atoms with E-state index in [1.807, 2.05) is 30.3 Å². The maximum atomic E-state index is 13.6. The summed E-state index contributed by atoms with van der Waals surface area (Å²) >= 11 is 0. The number of benzene rings is 3. The van der Waals surface area contributed by atoms with E-state index in [4.69, 9.17) is 4.74 Å². The van der Waals surface area contributed by atoms with Crippen molar-refractivity contribution in [1.82, 2.24) is 9.62 Å². The quantitative estimate of drug-likeness (QED) is 0.445. The number of halogens is 3. The van der Waals surface area contributed by atoms with E-state index in [1.54, 1.807) is 28.9 Å². The zero-order valence-electron chi connectivity index (χ0n) is 21.6. The summed E-state index contributed by atoms with van der Waals surface area (Å²) < 4.78 is 73.9. The Kier molecular flexibility index (Phi) is 8.51. The lowest BCUT2D eigenvalue weighted by Crippen LogP contribution is -2.55. The van der Waals surface area contributed by atoms with Gasteiger partial charge in [0.15, 0.2) is 0 Å². The van der Waals surface area contributed by atoms with Gasteiger partial charge in [-0.05, 0) is 60.9 Å². The van der Waals surface area contributed by atoms with Crippen LogP contribution in [-0.2, 0) is 27.4 Å². The third-order valence-electron chi connectivity index (χ3n) is 6.68. The van der Waals surface area contributed by atoms with Crippen LogP contribution in [0.3, 0.4) is 0 Å². The van der Waals surface area contributed by atoms with Gasteiger partial charge in [-0.1, -0.05) is 36.4 Å². The summed E-state index contributed by atoms with van der Waals surface area (Å²) in [5.41, 5.74) is 1.11. The zero-order chi connectivity index (χ0) is 28.2. The molecule has 7 nitrogen and oxygen atoms in total. The molecule has 4 rings (SSSR count). The van der Waals surface area contributed by atoms with Crippen molar-refractivity contribution in [3.63, 3.8) is 0 Å². The highest BCUT2D eigenvalue weighted by atomic mass is 32.2. The van der Waals surface area contributed by atoms with Crippen molar-refractivity contribution in [2.45, 2.75) is 30.5 Å². The Bertz CT molecular complexity index is 1410. The second kappa shape index (κ2) is 11.7. The molecule has 0 radical (unpaired) electrons. The normalized spacial score (nSPS) is 15.2. The lowest BCUT2D eigenvalue weighted by atomic mass is 10.1. The fourth-order valence-electron chi connectivity index (χ4n) is 4.59. The first-order valence-corrected chi connectivity index (χ1v) is 13.9. The second-order valence-electron chi connectivity index (χ2n) is 9.36. The minimum Gasteiger partial charge on any atom is -0.496 e. The predicted molar refractivity (Wildman–Crippen MR) is 142 cm³/mol. The maximum Gasteiger partial charge on any atom is 0.416 e. The Labute approximate surface area is 226 Å². The standard InChI is InChI=1S/C28H30F3N3O4S/c1-20-17-24(11-12-26(20)38-2)39(36,37)32-25(18-21-7-4-3-5-8-21)27(35)34-15-13-33(14-16-34)23-10-6-9-22(19-23)28(29,30)31/h3-12,17,19,25,32H,13-16,18H2,1-2H3/t25-/m0/s1. The average molecular weight is 562 g/mol. The van der Waals surface area contributed by atoms with E-state index in [0.717, 1.165) is 17.7 Å². The molecule has 1 N–H and O–H groups in total. The number of anilines is 1. The van der Waals surface area contributed by atoms with Crippen LogP contribution >= 0.6 is 0 Å². The molecule has 3 aromatic carbocycles. The van der Waals surface area contributed by atoms with Gasteiger partial charge in [0.1, 0.15) is 11.8 Å². The zero-order valence-corrected chi connectivity index (χ0v) is 22.4. The fourth-order valence-corrected chi connectivity index (χ4v) is 5.86.